The molecule has 2 heterocycles. The molecule has 1 fully saturated rings. The van der Waals surface area contributed by atoms with Crippen molar-refractivity contribution in [3.8, 4) is 5.69 Å². The van der Waals surface area contributed by atoms with Crippen LogP contribution in [-0.4, -0.2) is 44.3 Å². The number of hydrogen-bond acceptors (Lipinski definition) is 5. The molecule has 33 heavy (non-hydrogen) atoms. The number of carbonyl (C=O) groups excluding carboxylic acids is 1. The first-order valence-corrected chi connectivity index (χ1v) is 11.9. The SMILES string of the molecule is Cc1ccc(C(=O)CSc2nnc(CN3CCCCC3)n2-c2ccccc2C(F)(F)F)cc1. The zero-order valence-corrected chi connectivity index (χ0v) is 19.1. The summed E-state index contributed by atoms with van der Waals surface area (Å²) in [5.41, 5.74) is 0.831. The first kappa shape index (κ1) is 23.5. The normalized spacial score (nSPS) is 15.0. The summed E-state index contributed by atoms with van der Waals surface area (Å²) in [5.74, 6) is 0.383. The number of hydrogen-bond donors (Lipinski definition) is 0. The molecule has 0 radical (unpaired) electrons. The maximum Gasteiger partial charge on any atom is 0.418 e. The minimum Gasteiger partial charge on any atom is -0.296 e. The van der Waals surface area contributed by atoms with Crippen molar-refractivity contribution in [3.05, 3.63) is 71.0 Å². The third-order valence-electron chi connectivity index (χ3n) is 5.67. The Morgan fingerprint density at radius 3 is 2.39 bits per heavy atom. The summed E-state index contributed by atoms with van der Waals surface area (Å²) < 4.78 is 42.9. The number of carbonyl (C=O) groups is 1. The Kier molecular flexibility index (Phi) is 7.19. The molecule has 1 aromatic heterocycles. The van der Waals surface area contributed by atoms with Crippen molar-refractivity contribution in [1.82, 2.24) is 19.7 Å². The molecule has 1 aliphatic heterocycles. The number of halogens is 3. The van der Waals surface area contributed by atoms with Gasteiger partial charge in [0.1, 0.15) is 0 Å². The lowest BCUT2D eigenvalue weighted by molar-refractivity contribution is -0.137. The van der Waals surface area contributed by atoms with E-state index in [4.69, 9.17) is 0 Å². The van der Waals surface area contributed by atoms with E-state index in [1.807, 2.05) is 19.1 Å². The third kappa shape index (κ3) is 5.65. The zero-order chi connectivity index (χ0) is 23.4. The van der Waals surface area contributed by atoms with Crippen molar-refractivity contribution in [1.29, 1.82) is 0 Å². The highest BCUT2D eigenvalue weighted by molar-refractivity contribution is 7.99. The van der Waals surface area contributed by atoms with Gasteiger partial charge in [0.05, 0.1) is 23.5 Å². The van der Waals surface area contributed by atoms with Gasteiger partial charge < -0.3 is 0 Å². The average molecular weight is 475 g/mol. The fraction of sp³-hybridized carbons (Fsp3) is 0.375. The second-order valence-corrected chi connectivity index (χ2v) is 9.11. The number of Topliss-reactive ketones (excluding diaryl/α,β-unsaturated/α-hetero) is 1. The topological polar surface area (TPSA) is 51.0 Å². The van der Waals surface area contributed by atoms with Gasteiger partial charge in [-0.3, -0.25) is 14.3 Å². The van der Waals surface area contributed by atoms with Gasteiger partial charge in [0, 0.05) is 5.56 Å². The van der Waals surface area contributed by atoms with E-state index in [1.165, 1.54) is 16.7 Å². The van der Waals surface area contributed by atoms with E-state index in [1.54, 1.807) is 18.2 Å². The van der Waals surface area contributed by atoms with Crippen molar-refractivity contribution < 1.29 is 18.0 Å². The molecule has 3 aromatic rings. The van der Waals surface area contributed by atoms with Crippen LogP contribution in [0.5, 0.6) is 0 Å². The lowest BCUT2D eigenvalue weighted by atomic mass is 10.1. The van der Waals surface area contributed by atoms with Crippen LogP contribution >= 0.6 is 11.8 Å². The maximum absolute atomic E-state index is 13.8. The summed E-state index contributed by atoms with van der Waals surface area (Å²) in [6.07, 6.45) is -1.26. The molecule has 9 heteroatoms. The van der Waals surface area contributed by atoms with Gasteiger partial charge in [-0.05, 0) is 45.0 Å². The zero-order valence-electron chi connectivity index (χ0n) is 18.3. The first-order chi connectivity index (χ1) is 15.8. The van der Waals surface area contributed by atoms with Crippen LogP contribution in [0.2, 0.25) is 0 Å². The van der Waals surface area contributed by atoms with E-state index in [0.29, 0.717) is 17.9 Å². The molecule has 0 saturated carbocycles. The van der Waals surface area contributed by atoms with Gasteiger partial charge in [-0.25, -0.2) is 0 Å². The van der Waals surface area contributed by atoms with Crippen LogP contribution in [0, 0.1) is 6.92 Å². The molecule has 0 atom stereocenters. The highest BCUT2D eigenvalue weighted by atomic mass is 32.2. The predicted octanol–water partition coefficient (Wildman–Crippen LogP) is 5.56. The number of aromatic nitrogens is 3. The van der Waals surface area contributed by atoms with Gasteiger partial charge in [-0.15, -0.1) is 10.2 Å². The smallest absolute Gasteiger partial charge is 0.296 e. The van der Waals surface area contributed by atoms with Crippen molar-refractivity contribution in [2.24, 2.45) is 0 Å². The minimum atomic E-state index is -4.52. The Morgan fingerprint density at radius 1 is 1.00 bits per heavy atom. The Bertz CT molecular complexity index is 1110. The standard InChI is InChI=1S/C24H25F3N4OS/c1-17-9-11-18(12-10-17)21(32)16-33-23-29-28-22(15-30-13-5-2-6-14-30)31(23)20-8-4-3-7-19(20)24(25,26)27/h3-4,7-12H,2,5-6,13-16H2,1H3. The fourth-order valence-electron chi connectivity index (χ4n) is 3.92. The molecule has 4 rings (SSSR count). The number of thioether (sulfide) groups is 1. The minimum absolute atomic E-state index is 0.0210. The maximum atomic E-state index is 13.8. The van der Waals surface area contributed by atoms with Crippen LogP contribution in [0.15, 0.2) is 53.7 Å². The van der Waals surface area contributed by atoms with Crippen molar-refractivity contribution in [2.75, 3.05) is 18.8 Å². The Labute approximate surface area is 195 Å². The van der Waals surface area contributed by atoms with Crippen molar-refractivity contribution >= 4 is 17.5 Å². The summed E-state index contributed by atoms with van der Waals surface area (Å²) in [6.45, 7) is 4.10. The molecule has 1 saturated heterocycles. The number of ketones is 1. The Morgan fingerprint density at radius 2 is 1.70 bits per heavy atom. The average Bonchev–Trinajstić information content (AvgIpc) is 3.20. The number of likely N-dealkylation sites (tertiary alicyclic amines) is 1. The van der Waals surface area contributed by atoms with Crippen molar-refractivity contribution in [3.63, 3.8) is 0 Å². The highest BCUT2D eigenvalue weighted by Crippen LogP contribution is 2.36. The van der Waals surface area contributed by atoms with E-state index in [2.05, 4.69) is 15.1 Å². The molecule has 1 aliphatic rings. The summed E-state index contributed by atoms with van der Waals surface area (Å²) in [6, 6.07) is 12.7. The predicted molar refractivity (Wildman–Crippen MR) is 122 cm³/mol. The Balaban J connectivity index is 1.66. The van der Waals surface area contributed by atoms with Gasteiger partial charge in [-0.2, -0.15) is 13.2 Å². The molecule has 0 aliphatic carbocycles. The van der Waals surface area contributed by atoms with Crippen LogP contribution in [-0.2, 0) is 12.7 Å². The lowest BCUT2D eigenvalue weighted by Gasteiger charge is -2.26. The van der Waals surface area contributed by atoms with Gasteiger partial charge in [0.25, 0.3) is 0 Å². The summed E-state index contributed by atoms with van der Waals surface area (Å²) in [7, 11) is 0. The number of benzene rings is 2. The summed E-state index contributed by atoms with van der Waals surface area (Å²) in [5, 5.41) is 8.71. The summed E-state index contributed by atoms with van der Waals surface area (Å²) in [4.78, 5) is 14.8. The lowest BCUT2D eigenvalue weighted by Crippen LogP contribution is -2.30. The molecule has 2 aromatic carbocycles. The molecule has 5 nitrogen and oxygen atoms in total. The van der Waals surface area contributed by atoms with E-state index in [9.17, 15) is 18.0 Å². The van der Waals surface area contributed by atoms with E-state index in [-0.39, 0.29) is 22.4 Å². The number of rotatable bonds is 7. The number of nitrogens with zero attached hydrogens (tertiary/aromatic N) is 4. The van der Waals surface area contributed by atoms with Crippen LogP contribution in [0.4, 0.5) is 13.2 Å². The van der Waals surface area contributed by atoms with Gasteiger partial charge in [0.15, 0.2) is 16.8 Å². The highest BCUT2D eigenvalue weighted by Gasteiger charge is 2.35. The van der Waals surface area contributed by atoms with Gasteiger partial charge in [0.2, 0.25) is 0 Å². The largest absolute Gasteiger partial charge is 0.418 e. The monoisotopic (exact) mass is 474 g/mol. The molecule has 174 valence electrons. The molecular weight excluding hydrogens is 449 g/mol. The summed E-state index contributed by atoms with van der Waals surface area (Å²) >= 11 is 1.11. The van der Waals surface area contributed by atoms with Crippen LogP contribution < -0.4 is 0 Å². The number of para-hydroxylation sites is 1. The molecule has 0 amide bonds. The molecule has 0 unspecified atom stereocenters. The molecular formula is C24H25F3N4OS. The number of alkyl halides is 3. The second-order valence-electron chi connectivity index (χ2n) is 8.16. The van der Waals surface area contributed by atoms with E-state index in [0.717, 1.165) is 55.7 Å². The van der Waals surface area contributed by atoms with Gasteiger partial charge >= 0.3 is 6.18 Å². The Hall–Kier alpha value is -2.65. The molecule has 0 N–H and O–H groups in total. The second kappa shape index (κ2) is 10.1. The van der Waals surface area contributed by atoms with Crippen LogP contribution in [0.3, 0.4) is 0 Å². The quantitative estimate of drug-likeness (QED) is 0.332. The molecule has 0 bridgehead atoms. The number of piperidine rings is 1. The van der Waals surface area contributed by atoms with E-state index < -0.39 is 11.7 Å². The number of aryl methyl sites for hydroxylation is 1. The van der Waals surface area contributed by atoms with Gasteiger partial charge in [-0.1, -0.05) is 60.1 Å². The first-order valence-electron chi connectivity index (χ1n) is 10.9. The molecule has 0 spiro atoms. The van der Waals surface area contributed by atoms with Crippen LogP contribution in [0.25, 0.3) is 5.69 Å². The third-order valence-corrected chi connectivity index (χ3v) is 6.60. The fourth-order valence-corrected chi connectivity index (χ4v) is 4.78. The van der Waals surface area contributed by atoms with Crippen LogP contribution in [0.1, 0.15) is 46.6 Å². The van der Waals surface area contributed by atoms with E-state index >= 15 is 0 Å². The van der Waals surface area contributed by atoms with Crippen molar-refractivity contribution in [2.45, 2.75) is 44.1 Å².